The van der Waals surface area contributed by atoms with Gasteiger partial charge in [-0.3, -0.25) is 9.69 Å². The van der Waals surface area contributed by atoms with E-state index in [2.05, 4.69) is 22.6 Å². The maximum atomic E-state index is 12.1. The van der Waals surface area contributed by atoms with Gasteiger partial charge in [0.15, 0.2) is 0 Å². The zero-order chi connectivity index (χ0) is 13.7. The number of thiazole rings is 1. The molecular weight excluding hydrogens is 296 g/mol. The van der Waals surface area contributed by atoms with Gasteiger partial charge in [0.1, 0.15) is 0 Å². The van der Waals surface area contributed by atoms with Gasteiger partial charge >= 0.3 is 0 Å². The van der Waals surface area contributed by atoms with Gasteiger partial charge in [0.25, 0.3) is 0 Å². The molecule has 20 heavy (non-hydrogen) atoms. The molecule has 2 heterocycles. The number of carbonyl (C=O) groups excluding carboxylic acids is 1. The van der Waals surface area contributed by atoms with Crippen molar-refractivity contribution in [1.82, 2.24) is 20.1 Å². The number of halogens is 1. The summed E-state index contributed by atoms with van der Waals surface area (Å²) in [6.07, 6.45) is 0.980. The van der Waals surface area contributed by atoms with Gasteiger partial charge in [-0.25, -0.2) is 4.98 Å². The van der Waals surface area contributed by atoms with E-state index in [4.69, 9.17) is 0 Å². The smallest absolute Gasteiger partial charge is 0.236 e. The van der Waals surface area contributed by atoms with Crippen LogP contribution in [0.4, 0.5) is 0 Å². The fourth-order valence-corrected chi connectivity index (χ4v) is 2.90. The summed E-state index contributed by atoms with van der Waals surface area (Å²) >= 11 is 1.70. The number of amides is 1. The van der Waals surface area contributed by atoms with Crippen molar-refractivity contribution in [3.05, 3.63) is 16.1 Å². The van der Waals surface area contributed by atoms with Gasteiger partial charge in [-0.2, -0.15) is 0 Å². The summed E-state index contributed by atoms with van der Waals surface area (Å²) in [5, 5.41) is 6.51. The number of nitrogens with one attached hydrogen (secondary N) is 1. The first-order valence-corrected chi connectivity index (χ1v) is 7.67. The van der Waals surface area contributed by atoms with Gasteiger partial charge in [0, 0.05) is 38.1 Å². The number of hydrogen-bond acceptors (Lipinski definition) is 5. The van der Waals surface area contributed by atoms with Crippen LogP contribution in [0, 0.1) is 0 Å². The van der Waals surface area contributed by atoms with Crippen LogP contribution in [0.2, 0.25) is 0 Å². The quantitative estimate of drug-likeness (QED) is 0.879. The summed E-state index contributed by atoms with van der Waals surface area (Å²) in [5.74, 6) is 0.218. The molecule has 2 rings (SSSR count). The van der Waals surface area contributed by atoms with Crippen molar-refractivity contribution < 1.29 is 4.79 Å². The predicted molar refractivity (Wildman–Crippen MR) is 84.5 cm³/mol. The van der Waals surface area contributed by atoms with E-state index in [1.165, 1.54) is 0 Å². The van der Waals surface area contributed by atoms with Gasteiger partial charge in [-0.15, -0.1) is 23.7 Å². The molecule has 1 aromatic rings. The zero-order valence-corrected chi connectivity index (χ0v) is 13.7. The molecule has 0 bridgehead atoms. The van der Waals surface area contributed by atoms with E-state index < -0.39 is 0 Å². The minimum Gasteiger partial charge on any atom is -0.339 e. The Kier molecular flexibility index (Phi) is 7.43. The van der Waals surface area contributed by atoms with E-state index in [1.54, 1.807) is 11.3 Å². The van der Waals surface area contributed by atoms with Crippen molar-refractivity contribution in [2.75, 3.05) is 39.8 Å². The molecule has 0 unspecified atom stereocenters. The normalized spacial score (nSPS) is 15.2. The summed E-state index contributed by atoms with van der Waals surface area (Å²) < 4.78 is 0. The Balaban J connectivity index is 0.00000200. The maximum absolute atomic E-state index is 12.1. The molecule has 0 aliphatic carbocycles. The molecule has 1 saturated heterocycles. The molecule has 1 fully saturated rings. The number of nitrogens with zero attached hydrogens (tertiary/aromatic N) is 3. The molecule has 0 radical (unpaired) electrons. The Hall–Kier alpha value is -0.690. The molecule has 0 spiro atoms. The molecule has 1 aliphatic heterocycles. The lowest BCUT2D eigenvalue weighted by Crippen LogP contribution is -2.49. The highest BCUT2D eigenvalue weighted by molar-refractivity contribution is 7.09. The highest BCUT2D eigenvalue weighted by Gasteiger charge is 2.17. The van der Waals surface area contributed by atoms with Crippen molar-refractivity contribution in [3.8, 4) is 0 Å². The number of hydrogen-bond donors (Lipinski definition) is 1. The van der Waals surface area contributed by atoms with Crippen molar-refractivity contribution in [1.29, 1.82) is 0 Å². The Morgan fingerprint density at radius 2 is 2.20 bits per heavy atom. The highest BCUT2D eigenvalue weighted by atomic mass is 35.5. The van der Waals surface area contributed by atoms with E-state index in [-0.39, 0.29) is 18.3 Å². The molecule has 114 valence electrons. The molecule has 7 heteroatoms. The third kappa shape index (κ3) is 5.01. The number of likely N-dealkylation sites (N-methyl/N-ethyl adjacent to an activating group) is 1. The molecule has 1 N–H and O–H groups in total. The first-order chi connectivity index (χ1) is 9.19. The van der Waals surface area contributed by atoms with Crippen LogP contribution >= 0.6 is 23.7 Å². The molecule has 0 atom stereocenters. The van der Waals surface area contributed by atoms with Crippen LogP contribution < -0.4 is 5.32 Å². The van der Waals surface area contributed by atoms with Crippen LogP contribution in [0.15, 0.2) is 5.38 Å². The van der Waals surface area contributed by atoms with Crippen LogP contribution in [0.1, 0.15) is 17.6 Å². The SMILES string of the molecule is CCc1nc(CN(C)CC(=O)N2CCNCC2)cs1.Cl. The second-order valence-electron chi connectivity index (χ2n) is 4.89. The summed E-state index contributed by atoms with van der Waals surface area (Å²) in [4.78, 5) is 20.6. The zero-order valence-electron chi connectivity index (χ0n) is 12.1. The third-order valence-electron chi connectivity index (χ3n) is 3.21. The van der Waals surface area contributed by atoms with E-state index in [1.807, 2.05) is 16.8 Å². The third-order valence-corrected chi connectivity index (χ3v) is 4.25. The van der Waals surface area contributed by atoms with Gasteiger partial charge < -0.3 is 10.2 Å². The number of aryl methyl sites for hydroxylation is 1. The Labute approximate surface area is 130 Å². The number of piperazine rings is 1. The van der Waals surface area contributed by atoms with Crippen LogP contribution in [-0.2, 0) is 17.8 Å². The van der Waals surface area contributed by atoms with Gasteiger partial charge in [0.05, 0.1) is 17.2 Å². The molecule has 0 saturated carbocycles. The van der Waals surface area contributed by atoms with E-state index in [0.29, 0.717) is 6.54 Å². The largest absolute Gasteiger partial charge is 0.339 e. The summed E-state index contributed by atoms with van der Waals surface area (Å²) in [5.41, 5.74) is 1.07. The Morgan fingerprint density at radius 3 is 2.80 bits per heavy atom. The second kappa shape index (κ2) is 8.56. The standard InChI is InChI=1S/C13H22N4OS.ClH/c1-3-12-15-11(10-19-12)8-16(2)9-13(18)17-6-4-14-5-7-17;/h10,14H,3-9H2,1-2H3;1H. The maximum Gasteiger partial charge on any atom is 0.236 e. The lowest BCUT2D eigenvalue weighted by Gasteiger charge is -2.29. The molecule has 1 aromatic heterocycles. The first-order valence-electron chi connectivity index (χ1n) is 6.79. The van der Waals surface area contributed by atoms with Crippen molar-refractivity contribution >= 4 is 29.7 Å². The van der Waals surface area contributed by atoms with Crippen molar-refractivity contribution in [2.24, 2.45) is 0 Å². The van der Waals surface area contributed by atoms with E-state index in [0.717, 1.165) is 49.8 Å². The van der Waals surface area contributed by atoms with Crippen LogP contribution in [0.3, 0.4) is 0 Å². The average Bonchev–Trinajstić information content (AvgIpc) is 2.87. The molecule has 1 amide bonds. The fourth-order valence-electron chi connectivity index (χ4n) is 2.16. The van der Waals surface area contributed by atoms with Crippen LogP contribution in [0.25, 0.3) is 0 Å². The summed E-state index contributed by atoms with van der Waals surface area (Å²) in [6, 6.07) is 0. The lowest BCUT2D eigenvalue weighted by molar-refractivity contribution is -0.132. The van der Waals surface area contributed by atoms with E-state index in [9.17, 15) is 4.79 Å². The van der Waals surface area contributed by atoms with Crippen LogP contribution in [-0.4, -0.2) is 60.5 Å². The average molecular weight is 319 g/mol. The lowest BCUT2D eigenvalue weighted by atomic mass is 10.3. The van der Waals surface area contributed by atoms with Gasteiger partial charge in [-0.1, -0.05) is 6.92 Å². The topological polar surface area (TPSA) is 48.5 Å². The summed E-state index contributed by atoms with van der Waals surface area (Å²) in [6.45, 7) is 6.78. The molecule has 1 aliphatic rings. The Bertz CT molecular complexity index is 420. The minimum absolute atomic E-state index is 0. The molecule has 0 aromatic carbocycles. The van der Waals surface area contributed by atoms with Crippen molar-refractivity contribution in [2.45, 2.75) is 19.9 Å². The first kappa shape index (κ1) is 17.4. The van der Waals surface area contributed by atoms with Gasteiger partial charge in [-0.05, 0) is 13.5 Å². The monoisotopic (exact) mass is 318 g/mol. The number of carbonyl (C=O) groups is 1. The summed E-state index contributed by atoms with van der Waals surface area (Å²) in [7, 11) is 1.98. The molecule has 5 nitrogen and oxygen atoms in total. The Morgan fingerprint density at radius 1 is 1.50 bits per heavy atom. The van der Waals surface area contributed by atoms with E-state index >= 15 is 0 Å². The minimum atomic E-state index is 0. The molecular formula is C13H23ClN4OS. The predicted octanol–water partition coefficient (Wildman–Crippen LogP) is 0.991. The fraction of sp³-hybridized carbons (Fsp3) is 0.692. The second-order valence-corrected chi connectivity index (χ2v) is 5.83. The van der Waals surface area contributed by atoms with Crippen LogP contribution in [0.5, 0.6) is 0 Å². The highest BCUT2D eigenvalue weighted by Crippen LogP contribution is 2.11. The van der Waals surface area contributed by atoms with Crippen molar-refractivity contribution in [3.63, 3.8) is 0 Å². The number of rotatable bonds is 5. The van der Waals surface area contributed by atoms with Gasteiger partial charge in [0.2, 0.25) is 5.91 Å². The number of aromatic nitrogens is 1.